The van der Waals surface area contributed by atoms with Crippen LogP contribution in [0.1, 0.15) is 52.4 Å². The minimum Gasteiger partial charge on any atom is -0.382 e. The number of rotatable bonds is 5. The van der Waals surface area contributed by atoms with Gasteiger partial charge in [0.25, 0.3) is 0 Å². The molecular formula is C14H25N3O2S2. The van der Waals surface area contributed by atoms with Gasteiger partial charge in [0.15, 0.2) is 15.7 Å². The molecule has 2 atom stereocenters. The molecule has 3 N–H and O–H groups in total. The summed E-state index contributed by atoms with van der Waals surface area (Å²) in [5, 5.41) is 4.05. The highest BCUT2D eigenvalue weighted by molar-refractivity contribution is 7.91. The van der Waals surface area contributed by atoms with Crippen LogP contribution in [0.5, 0.6) is 0 Å². The van der Waals surface area contributed by atoms with Crippen molar-refractivity contribution in [3.8, 4) is 0 Å². The Morgan fingerprint density at radius 2 is 2.05 bits per heavy atom. The first-order chi connectivity index (χ1) is 9.95. The first-order valence-electron chi connectivity index (χ1n) is 7.70. The average Bonchev–Trinajstić information content (AvgIpc) is 2.66. The molecule has 2 rings (SSSR count). The summed E-state index contributed by atoms with van der Waals surface area (Å²) in [4.78, 5) is 0.214. The lowest BCUT2D eigenvalue weighted by Gasteiger charge is -2.23. The third kappa shape index (κ3) is 3.88. The molecule has 0 aromatic carbocycles. The number of nitrogens with one attached hydrogen (secondary N) is 1. The molecule has 5 nitrogen and oxygen atoms in total. The Morgan fingerprint density at radius 1 is 1.33 bits per heavy atom. The first-order valence-corrected chi connectivity index (χ1v) is 10.1. The monoisotopic (exact) mass is 331 g/mol. The van der Waals surface area contributed by atoms with Gasteiger partial charge in [-0.2, -0.15) is 4.37 Å². The lowest BCUT2D eigenvalue weighted by atomic mass is 9.97. The van der Waals surface area contributed by atoms with Crippen molar-refractivity contribution in [2.75, 3.05) is 16.8 Å². The lowest BCUT2D eigenvalue weighted by molar-refractivity contribution is 0.457. The maximum absolute atomic E-state index is 12.4. The Morgan fingerprint density at radius 3 is 2.76 bits per heavy atom. The summed E-state index contributed by atoms with van der Waals surface area (Å²) in [6, 6.07) is 0.308. The van der Waals surface area contributed by atoms with Gasteiger partial charge in [-0.1, -0.05) is 33.1 Å². The fourth-order valence-corrected chi connectivity index (χ4v) is 5.60. The van der Waals surface area contributed by atoms with Crippen LogP contribution in [0, 0.1) is 5.92 Å². The molecule has 1 fully saturated rings. The summed E-state index contributed by atoms with van der Waals surface area (Å²) >= 11 is 1.17. The van der Waals surface area contributed by atoms with Crippen molar-refractivity contribution in [2.45, 2.75) is 63.3 Å². The molecule has 1 aromatic heterocycles. The normalized spacial score (nSPS) is 23.7. The van der Waals surface area contributed by atoms with Crippen molar-refractivity contribution < 1.29 is 8.42 Å². The van der Waals surface area contributed by atoms with Gasteiger partial charge in [-0.15, -0.1) is 0 Å². The number of nitrogens with two attached hydrogens (primary N) is 1. The van der Waals surface area contributed by atoms with Gasteiger partial charge in [-0.05, 0) is 36.7 Å². The molecule has 2 unspecified atom stereocenters. The molecule has 1 heterocycles. The van der Waals surface area contributed by atoms with Crippen LogP contribution in [0.3, 0.4) is 0 Å². The van der Waals surface area contributed by atoms with Crippen molar-refractivity contribution in [3.63, 3.8) is 0 Å². The largest absolute Gasteiger partial charge is 0.382 e. The predicted molar refractivity (Wildman–Crippen MR) is 88.5 cm³/mol. The zero-order valence-corrected chi connectivity index (χ0v) is 14.4. The van der Waals surface area contributed by atoms with Crippen LogP contribution in [-0.4, -0.2) is 24.6 Å². The van der Waals surface area contributed by atoms with Crippen molar-refractivity contribution in [3.05, 3.63) is 0 Å². The molecule has 1 aromatic rings. The Balaban J connectivity index is 2.25. The number of aromatic nitrogens is 1. The smallest absolute Gasteiger partial charge is 0.185 e. The standard InChI is InChI=1S/C14H25N3O2S2/c1-3-9-21(18,19)12-13(15)17-20-14(12)16-11-8-6-4-5-7-10(11)2/h10-11,16H,3-9H2,1-2H3,(H2,15,17). The molecule has 1 aliphatic rings. The van der Waals surface area contributed by atoms with Crippen LogP contribution in [0.2, 0.25) is 0 Å². The van der Waals surface area contributed by atoms with Crippen LogP contribution in [0.25, 0.3) is 0 Å². The Hall–Kier alpha value is -0.820. The van der Waals surface area contributed by atoms with Crippen molar-refractivity contribution in [1.82, 2.24) is 4.37 Å². The van der Waals surface area contributed by atoms with Gasteiger partial charge >= 0.3 is 0 Å². The highest BCUT2D eigenvalue weighted by atomic mass is 32.2. The van der Waals surface area contributed by atoms with Gasteiger partial charge in [0.05, 0.1) is 5.75 Å². The van der Waals surface area contributed by atoms with Gasteiger partial charge in [-0.25, -0.2) is 8.42 Å². The third-order valence-electron chi connectivity index (χ3n) is 4.14. The molecule has 0 spiro atoms. The number of sulfone groups is 1. The van der Waals surface area contributed by atoms with Crippen LogP contribution in [0.15, 0.2) is 4.90 Å². The summed E-state index contributed by atoms with van der Waals surface area (Å²) in [5.74, 6) is 0.791. The first kappa shape index (κ1) is 16.5. The van der Waals surface area contributed by atoms with Gasteiger partial charge < -0.3 is 11.1 Å². The maximum Gasteiger partial charge on any atom is 0.185 e. The number of nitrogen functional groups attached to an aromatic ring is 1. The van der Waals surface area contributed by atoms with Gasteiger partial charge in [-0.3, -0.25) is 0 Å². The minimum atomic E-state index is -3.35. The van der Waals surface area contributed by atoms with E-state index in [9.17, 15) is 8.42 Å². The van der Waals surface area contributed by atoms with Gasteiger partial charge in [0.2, 0.25) is 0 Å². The SMILES string of the molecule is CCCS(=O)(=O)c1c(N)nsc1NC1CCCCCC1C. The molecule has 0 aliphatic heterocycles. The topological polar surface area (TPSA) is 85.1 Å². The van der Waals surface area contributed by atoms with Crippen LogP contribution < -0.4 is 11.1 Å². The second-order valence-corrected chi connectivity index (χ2v) is 8.73. The zero-order chi connectivity index (χ0) is 15.5. The zero-order valence-electron chi connectivity index (χ0n) is 12.8. The predicted octanol–water partition coefficient (Wildman–Crippen LogP) is 3.29. The maximum atomic E-state index is 12.4. The van der Waals surface area contributed by atoms with Gasteiger partial charge in [0, 0.05) is 6.04 Å². The number of hydrogen-bond acceptors (Lipinski definition) is 6. The molecule has 1 aliphatic carbocycles. The van der Waals surface area contributed by atoms with E-state index in [0.717, 1.165) is 6.42 Å². The van der Waals surface area contributed by atoms with Crippen molar-refractivity contribution in [2.24, 2.45) is 5.92 Å². The second kappa shape index (κ2) is 6.96. The summed E-state index contributed by atoms with van der Waals surface area (Å²) < 4.78 is 28.8. The molecule has 0 radical (unpaired) electrons. The van der Waals surface area contributed by atoms with E-state index < -0.39 is 9.84 Å². The van der Waals surface area contributed by atoms with Crippen molar-refractivity contribution >= 4 is 32.2 Å². The summed E-state index contributed by atoms with van der Waals surface area (Å²) in [6.45, 7) is 4.08. The highest BCUT2D eigenvalue weighted by Crippen LogP contribution is 2.35. The number of hydrogen-bond donors (Lipinski definition) is 2. The summed E-state index contributed by atoms with van der Waals surface area (Å²) in [7, 11) is -3.35. The Bertz CT molecular complexity index is 569. The van der Waals surface area contributed by atoms with E-state index in [4.69, 9.17) is 5.73 Å². The Kier molecular flexibility index (Phi) is 5.48. The minimum absolute atomic E-state index is 0.116. The summed E-state index contributed by atoms with van der Waals surface area (Å²) in [6.07, 6.45) is 6.54. The van der Waals surface area contributed by atoms with E-state index in [1.165, 1.54) is 37.2 Å². The van der Waals surface area contributed by atoms with E-state index in [0.29, 0.717) is 23.4 Å². The molecule has 1 saturated carbocycles. The molecule has 7 heteroatoms. The molecule has 120 valence electrons. The Labute approximate surface area is 131 Å². The molecule has 21 heavy (non-hydrogen) atoms. The second-order valence-electron chi connectivity index (χ2n) is 5.91. The average molecular weight is 332 g/mol. The quantitative estimate of drug-likeness (QED) is 0.809. The third-order valence-corrected chi connectivity index (χ3v) is 7.04. The van der Waals surface area contributed by atoms with E-state index in [1.807, 2.05) is 6.92 Å². The van der Waals surface area contributed by atoms with E-state index >= 15 is 0 Å². The van der Waals surface area contributed by atoms with Crippen LogP contribution in [0.4, 0.5) is 10.8 Å². The lowest BCUT2D eigenvalue weighted by Crippen LogP contribution is -2.26. The molecule has 0 amide bonds. The number of anilines is 2. The van der Waals surface area contributed by atoms with E-state index in [2.05, 4.69) is 16.6 Å². The van der Waals surface area contributed by atoms with Crippen LogP contribution in [-0.2, 0) is 9.84 Å². The molecule has 0 bridgehead atoms. The molecule has 0 saturated heterocycles. The van der Waals surface area contributed by atoms with E-state index in [-0.39, 0.29) is 16.5 Å². The van der Waals surface area contributed by atoms with Crippen molar-refractivity contribution in [1.29, 1.82) is 0 Å². The van der Waals surface area contributed by atoms with Gasteiger partial charge in [0.1, 0.15) is 9.90 Å². The molecular weight excluding hydrogens is 306 g/mol. The fourth-order valence-electron chi connectivity index (χ4n) is 2.93. The highest BCUT2D eigenvalue weighted by Gasteiger charge is 2.28. The number of nitrogens with zero attached hydrogens (tertiary/aromatic N) is 1. The fraction of sp³-hybridized carbons (Fsp3) is 0.786. The van der Waals surface area contributed by atoms with Crippen LogP contribution >= 0.6 is 11.5 Å². The van der Waals surface area contributed by atoms with E-state index in [1.54, 1.807) is 0 Å². The summed E-state index contributed by atoms with van der Waals surface area (Å²) in [5.41, 5.74) is 5.81.